The number of aryl methyl sites for hydroxylation is 1. The first-order chi connectivity index (χ1) is 10.1. The Morgan fingerprint density at radius 3 is 2.76 bits per heavy atom. The van der Waals surface area contributed by atoms with Crippen molar-refractivity contribution in [3.8, 4) is 5.75 Å². The minimum absolute atomic E-state index is 0.499. The molecule has 0 spiro atoms. The van der Waals surface area contributed by atoms with Crippen molar-refractivity contribution >= 4 is 28.9 Å². The van der Waals surface area contributed by atoms with Crippen LogP contribution in [-0.2, 0) is 6.42 Å². The fourth-order valence-electron chi connectivity index (χ4n) is 2.09. The van der Waals surface area contributed by atoms with Gasteiger partial charge in [-0.25, -0.2) is 9.97 Å². The number of anilines is 3. The average molecular weight is 307 g/mol. The largest absolute Gasteiger partial charge is 0.495 e. The van der Waals surface area contributed by atoms with Crippen LogP contribution >= 0.6 is 11.6 Å². The highest BCUT2D eigenvalue weighted by Crippen LogP contribution is 2.34. The summed E-state index contributed by atoms with van der Waals surface area (Å²) in [4.78, 5) is 8.34. The van der Waals surface area contributed by atoms with Gasteiger partial charge in [-0.05, 0) is 25.0 Å². The summed E-state index contributed by atoms with van der Waals surface area (Å²) in [6.45, 7) is 4.03. The third-order valence-electron chi connectivity index (χ3n) is 3.21. The summed E-state index contributed by atoms with van der Waals surface area (Å²) >= 11 is 6.12. The van der Waals surface area contributed by atoms with E-state index in [-0.39, 0.29) is 0 Å². The smallest absolute Gasteiger partial charge is 0.143 e. The van der Waals surface area contributed by atoms with Crippen molar-refractivity contribution < 1.29 is 4.74 Å². The molecule has 1 aromatic carbocycles. The van der Waals surface area contributed by atoms with Gasteiger partial charge in [-0.3, -0.25) is 0 Å². The highest BCUT2D eigenvalue weighted by molar-refractivity contribution is 6.31. The molecule has 0 aliphatic heterocycles. The molecular formula is C15H19ClN4O. The number of ether oxygens (including phenoxy) is 1. The number of nitrogens with zero attached hydrogens (tertiary/aromatic N) is 2. The van der Waals surface area contributed by atoms with Gasteiger partial charge in [0.25, 0.3) is 0 Å². The van der Waals surface area contributed by atoms with E-state index in [1.165, 1.54) is 6.33 Å². The van der Waals surface area contributed by atoms with Crippen molar-refractivity contribution in [1.82, 2.24) is 9.97 Å². The lowest BCUT2D eigenvalue weighted by Gasteiger charge is -2.15. The predicted octanol–water partition coefficient (Wildman–Crippen LogP) is 3.73. The third kappa shape index (κ3) is 3.36. The Kier molecular flexibility index (Phi) is 4.85. The Labute approximate surface area is 129 Å². The highest BCUT2D eigenvalue weighted by atomic mass is 35.5. The van der Waals surface area contributed by atoms with Crippen molar-refractivity contribution in [3.63, 3.8) is 0 Å². The topological polar surface area (TPSA) is 73.1 Å². The zero-order valence-corrected chi connectivity index (χ0v) is 13.2. The summed E-state index contributed by atoms with van der Waals surface area (Å²) in [7, 11) is 1.60. The molecule has 0 radical (unpaired) electrons. The Balaban J connectivity index is 2.43. The van der Waals surface area contributed by atoms with Crippen LogP contribution in [0.15, 0.2) is 18.5 Å². The predicted molar refractivity (Wildman–Crippen MR) is 86.5 cm³/mol. The molecule has 5 nitrogen and oxygen atoms in total. The number of aromatic nitrogens is 2. The van der Waals surface area contributed by atoms with E-state index < -0.39 is 0 Å². The Morgan fingerprint density at radius 2 is 2.10 bits per heavy atom. The second kappa shape index (κ2) is 6.63. The van der Waals surface area contributed by atoms with Gasteiger partial charge in [-0.15, -0.1) is 0 Å². The molecule has 0 saturated carbocycles. The van der Waals surface area contributed by atoms with Gasteiger partial charge >= 0.3 is 0 Å². The summed E-state index contributed by atoms with van der Waals surface area (Å²) < 4.78 is 5.36. The van der Waals surface area contributed by atoms with Crippen LogP contribution in [0.2, 0.25) is 5.02 Å². The van der Waals surface area contributed by atoms with Crippen molar-refractivity contribution in [2.24, 2.45) is 0 Å². The highest BCUT2D eigenvalue weighted by Gasteiger charge is 2.12. The van der Waals surface area contributed by atoms with Crippen LogP contribution in [0.1, 0.15) is 24.5 Å². The van der Waals surface area contributed by atoms with E-state index in [9.17, 15) is 0 Å². The molecule has 0 unspecified atom stereocenters. The van der Waals surface area contributed by atoms with Gasteiger partial charge < -0.3 is 15.8 Å². The Hall–Kier alpha value is -2.01. The minimum atomic E-state index is 0.499. The van der Waals surface area contributed by atoms with E-state index >= 15 is 0 Å². The molecule has 0 aliphatic carbocycles. The van der Waals surface area contributed by atoms with Crippen LogP contribution in [0.3, 0.4) is 0 Å². The van der Waals surface area contributed by atoms with Crippen LogP contribution in [0, 0.1) is 6.92 Å². The molecule has 2 aromatic rings. The lowest BCUT2D eigenvalue weighted by Crippen LogP contribution is -2.06. The number of benzene rings is 1. The minimum Gasteiger partial charge on any atom is -0.495 e. The van der Waals surface area contributed by atoms with Crippen molar-refractivity contribution in [2.45, 2.75) is 26.7 Å². The lowest BCUT2D eigenvalue weighted by atomic mass is 10.1. The van der Waals surface area contributed by atoms with Gasteiger partial charge in [0.05, 0.1) is 12.8 Å². The monoisotopic (exact) mass is 306 g/mol. The second-order valence-electron chi connectivity index (χ2n) is 4.76. The molecule has 0 fully saturated rings. The zero-order valence-electron chi connectivity index (χ0n) is 12.4. The number of hydrogen-bond acceptors (Lipinski definition) is 5. The van der Waals surface area contributed by atoms with Gasteiger partial charge in [0.2, 0.25) is 0 Å². The molecule has 0 aliphatic rings. The van der Waals surface area contributed by atoms with Gasteiger partial charge in [-0.2, -0.15) is 0 Å². The van der Waals surface area contributed by atoms with Crippen molar-refractivity contribution in [3.05, 3.63) is 34.6 Å². The first kappa shape index (κ1) is 15.4. The zero-order chi connectivity index (χ0) is 15.4. The second-order valence-corrected chi connectivity index (χ2v) is 5.17. The number of nitrogens with two attached hydrogens (primary N) is 1. The number of rotatable bonds is 5. The third-order valence-corrected chi connectivity index (χ3v) is 3.62. The van der Waals surface area contributed by atoms with E-state index in [0.29, 0.717) is 22.4 Å². The molecular weight excluding hydrogens is 288 g/mol. The molecule has 1 heterocycles. The standard InChI is InChI=1S/C15H19ClN4O/c1-4-5-10-14(17)18-8-19-15(10)20-12-6-9(2)11(16)7-13(12)21-3/h6-8H,4-5H2,1-3H3,(H3,17,18,19,20). The van der Waals surface area contributed by atoms with E-state index in [0.717, 1.165) is 29.7 Å². The molecule has 21 heavy (non-hydrogen) atoms. The molecule has 3 N–H and O–H groups in total. The molecule has 0 amide bonds. The average Bonchev–Trinajstić information content (AvgIpc) is 2.46. The number of halogens is 1. The molecule has 1 aromatic heterocycles. The maximum atomic E-state index is 6.12. The maximum Gasteiger partial charge on any atom is 0.143 e. The summed E-state index contributed by atoms with van der Waals surface area (Å²) in [5, 5.41) is 3.93. The summed E-state index contributed by atoms with van der Waals surface area (Å²) in [6, 6.07) is 3.71. The fourth-order valence-corrected chi connectivity index (χ4v) is 2.24. The van der Waals surface area contributed by atoms with Crippen molar-refractivity contribution in [1.29, 1.82) is 0 Å². The molecule has 0 atom stereocenters. The van der Waals surface area contributed by atoms with Crippen LogP contribution in [-0.4, -0.2) is 17.1 Å². The summed E-state index contributed by atoms with van der Waals surface area (Å²) in [5.41, 5.74) is 8.61. The van der Waals surface area contributed by atoms with Crippen LogP contribution in [0.4, 0.5) is 17.3 Å². The van der Waals surface area contributed by atoms with Gasteiger partial charge in [0, 0.05) is 16.7 Å². The lowest BCUT2D eigenvalue weighted by molar-refractivity contribution is 0.416. The van der Waals surface area contributed by atoms with E-state index in [2.05, 4.69) is 22.2 Å². The van der Waals surface area contributed by atoms with Crippen LogP contribution in [0.25, 0.3) is 0 Å². The van der Waals surface area contributed by atoms with Crippen LogP contribution < -0.4 is 15.8 Å². The van der Waals surface area contributed by atoms with E-state index in [4.69, 9.17) is 22.1 Å². The van der Waals surface area contributed by atoms with Gasteiger partial charge in [-0.1, -0.05) is 24.9 Å². The normalized spacial score (nSPS) is 10.5. The summed E-state index contributed by atoms with van der Waals surface area (Å²) in [6.07, 6.45) is 3.22. The number of methoxy groups -OCH3 is 1. The van der Waals surface area contributed by atoms with Crippen LogP contribution in [0.5, 0.6) is 5.75 Å². The summed E-state index contributed by atoms with van der Waals surface area (Å²) in [5.74, 6) is 1.86. The molecule has 112 valence electrons. The first-order valence-corrected chi connectivity index (χ1v) is 7.15. The Morgan fingerprint density at radius 1 is 1.33 bits per heavy atom. The first-order valence-electron chi connectivity index (χ1n) is 6.77. The molecule has 6 heteroatoms. The Bertz CT molecular complexity index is 646. The van der Waals surface area contributed by atoms with Crippen molar-refractivity contribution in [2.75, 3.05) is 18.2 Å². The van der Waals surface area contributed by atoms with Gasteiger partial charge in [0.1, 0.15) is 23.7 Å². The number of hydrogen-bond donors (Lipinski definition) is 2. The van der Waals surface area contributed by atoms with Gasteiger partial charge in [0.15, 0.2) is 0 Å². The molecule has 2 rings (SSSR count). The van der Waals surface area contributed by atoms with E-state index in [1.807, 2.05) is 13.0 Å². The van der Waals surface area contributed by atoms with E-state index in [1.54, 1.807) is 13.2 Å². The molecule has 0 saturated heterocycles. The fraction of sp³-hybridized carbons (Fsp3) is 0.333. The maximum absolute atomic E-state index is 6.12. The molecule has 0 bridgehead atoms. The SMILES string of the molecule is CCCc1c(N)ncnc1Nc1cc(C)c(Cl)cc1OC. The number of nitrogens with one attached hydrogen (secondary N) is 1. The number of nitrogen functional groups attached to an aromatic ring is 1. The quantitative estimate of drug-likeness (QED) is 0.880.